The molecule has 1 N–H and O–H groups in total. The first-order valence-electron chi connectivity index (χ1n) is 10.9. The van der Waals surface area contributed by atoms with Gasteiger partial charge in [0, 0.05) is 24.8 Å². The molecule has 0 radical (unpaired) electrons. The van der Waals surface area contributed by atoms with E-state index in [1.54, 1.807) is 54.6 Å². The Bertz CT molecular complexity index is 1220. The number of carbonyl (C=O) groups excluding carboxylic acids is 2. The van der Waals surface area contributed by atoms with Gasteiger partial charge in [0.2, 0.25) is 0 Å². The van der Waals surface area contributed by atoms with Crippen molar-refractivity contribution in [2.24, 2.45) is 10.2 Å². The molecule has 186 valence electrons. The summed E-state index contributed by atoms with van der Waals surface area (Å²) in [4.78, 5) is 24.3. The van der Waals surface area contributed by atoms with E-state index in [0.29, 0.717) is 17.0 Å². The predicted molar refractivity (Wildman–Crippen MR) is 133 cm³/mol. The minimum absolute atomic E-state index is 0.0856. The number of azo groups is 1. The molecule has 9 heteroatoms. The number of phenolic OH excluding ortho intramolecular Hbond substituents is 1. The Hall–Kier alpha value is -4.50. The number of nitrogens with zero attached hydrogens (tertiary/aromatic N) is 2. The summed E-state index contributed by atoms with van der Waals surface area (Å²) < 4.78 is 21.2. The molecular formula is C27H26N2O7. The molecule has 0 amide bonds. The van der Waals surface area contributed by atoms with Crippen molar-refractivity contribution < 1.29 is 33.6 Å². The molecule has 0 aliphatic carbocycles. The van der Waals surface area contributed by atoms with E-state index < -0.39 is 12.1 Å². The van der Waals surface area contributed by atoms with Crippen LogP contribution in [0.3, 0.4) is 0 Å². The lowest BCUT2D eigenvalue weighted by atomic mass is 10.0. The molecule has 3 rings (SSSR count). The highest BCUT2D eigenvalue weighted by atomic mass is 16.6. The Morgan fingerprint density at radius 3 is 2.36 bits per heavy atom. The second kappa shape index (κ2) is 12.8. The molecule has 0 fully saturated rings. The van der Waals surface area contributed by atoms with Gasteiger partial charge in [0.25, 0.3) is 0 Å². The fourth-order valence-electron chi connectivity index (χ4n) is 3.15. The van der Waals surface area contributed by atoms with Crippen LogP contribution >= 0.6 is 0 Å². The van der Waals surface area contributed by atoms with Gasteiger partial charge in [0.15, 0.2) is 11.9 Å². The first kappa shape index (κ1) is 26.1. The zero-order valence-electron chi connectivity index (χ0n) is 19.9. The van der Waals surface area contributed by atoms with E-state index in [0.717, 1.165) is 6.08 Å². The van der Waals surface area contributed by atoms with E-state index in [-0.39, 0.29) is 41.7 Å². The van der Waals surface area contributed by atoms with Crippen molar-refractivity contribution in [3.63, 3.8) is 0 Å². The first-order chi connectivity index (χ1) is 17.4. The van der Waals surface area contributed by atoms with Crippen LogP contribution in [0, 0.1) is 0 Å². The number of phenols is 1. The van der Waals surface area contributed by atoms with Gasteiger partial charge < -0.3 is 24.1 Å². The zero-order valence-corrected chi connectivity index (χ0v) is 19.9. The van der Waals surface area contributed by atoms with E-state index in [2.05, 4.69) is 16.8 Å². The van der Waals surface area contributed by atoms with Crippen LogP contribution in [0.15, 0.2) is 89.6 Å². The summed E-state index contributed by atoms with van der Waals surface area (Å²) in [6.07, 6.45) is 0.487. The highest BCUT2D eigenvalue weighted by molar-refractivity contribution is 6.11. The second-order valence-electron chi connectivity index (χ2n) is 7.46. The van der Waals surface area contributed by atoms with Gasteiger partial charge >= 0.3 is 5.97 Å². The molecule has 9 nitrogen and oxygen atoms in total. The smallest absolute Gasteiger partial charge is 0.330 e. The average molecular weight is 491 g/mol. The third-order valence-electron chi connectivity index (χ3n) is 4.93. The van der Waals surface area contributed by atoms with E-state index in [9.17, 15) is 14.7 Å². The third-order valence-corrected chi connectivity index (χ3v) is 4.93. The molecule has 0 saturated carbocycles. The maximum Gasteiger partial charge on any atom is 0.330 e. The van der Waals surface area contributed by atoms with E-state index >= 15 is 0 Å². The first-order valence-corrected chi connectivity index (χ1v) is 10.9. The SMILES string of the molecule is C=CC(=O)OC(COC)COc1ccc(N=Nc2cc(C(=O)c3ccccc3)c(O)cc2OC)cc1. The molecule has 0 aliphatic heterocycles. The molecule has 0 aromatic heterocycles. The van der Waals surface area contributed by atoms with E-state index in [1.165, 1.54) is 26.4 Å². The fraction of sp³-hybridized carbons (Fsp3) is 0.185. The molecule has 0 saturated heterocycles. The van der Waals surface area contributed by atoms with Crippen molar-refractivity contribution in [1.29, 1.82) is 0 Å². The lowest BCUT2D eigenvalue weighted by molar-refractivity contribution is -0.147. The van der Waals surface area contributed by atoms with Crippen molar-refractivity contribution in [3.8, 4) is 17.2 Å². The lowest BCUT2D eigenvalue weighted by Gasteiger charge is -2.16. The van der Waals surface area contributed by atoms with E-state index in [1.807, 2.05) is 0 Å². The zero-order chi connectivity index (χ0) is 25.9. The number of esters is 1. The van der Waals surface area contributed by atoms with Crippen LogP contribution in [0.2, 0.25) is 0 Å². The van der Waals surface area contributed by atoms with Gasteiger partial charge in [-0.05, 0) is 30.3 Å². The quantitative estimate of drug-likeness (QED) is 0.161. The standard InChI is InChI=1S/C27H26N2O7/c1-4-26(31)36-21(16-33-2)17-35-20-12-10-19(11-13-20)28-29-23-14-22(24(30)15-25(23)34-3)27(32)18-8-6-5-7-9-18/h4-15,21,30H,1,16-17H2,2-3H3. The normalized spacial score (nSPS) is 11.6. The number of benzene rings is 3. The molecule has 3 aromatic rings. The van der Waals surface area contributed by atoms with E-state index in [4.69, 9.17) is 18.9 Å². The van der Waals surface area contributed by atoms with Crippen molar-refractivity contribution in [2.75, 3.05) is 27.4 Å². The molecular weight excluding hydrogens is 464 g/mol. The number of ketones is 1. The van der Waals surface area contributed by atoms with Crippen LogP contribution in [-0.2, 0) is 14.3 Å². The van der Waals surface area contributed by atoms with Crippen LogP contribution in [0.25, 0.3) is 0 Å². The summed E-state index contributed by atoms with van der Waals surface area (Å²) in [7, 11) is 2.93. The molecule has 0 heterocycles. The molecule has 1 unspecified atom stereocenters. The summed E-state index contributed by atoms with van der Waals surface area (Å²) in [6.45, 7) is 3.64. The van der Waals surface area contributed by atoms with Crippen LogP contribution < -0.4 is 9.47 Å². The maximum absolute atomic E-state index is 12.8. The number of carbonyl (C=O) groups is 2. The summed E-state index contributed by atoms with van der Waals surface area (Å²) in [5, 5.41) is 18.8. The monoisotopic (exact) mass is 490 g/mol. The van der Waals surface area contributed by atoms with Crippen molar-refractivity contribution in [3.05, 3.63) is 90.5 Å². The molecule has 1 atom stereocenters. The van der Waals surface area contributed by atoms with Crippen molar-refractivity contribution in [2.45, 2.75) is 6.10 Å². The lowest BCUT2D eigenvalue weighted by Crippen LogP contribution is -2.28. The largest absolute Gasteiger partial charge is 0.507 e. The number of ether oxygens (including phenoxy) is 4. The molecule has 0 bridgehead atoms. The van der Waals surface area contributed by atoms with Gasteiger partial charge in [-0.2, -0.15) is 5.11 Å². The van der Waals surface area contributed by atoms with Gasteiger partial charge in [-0.3, -0.25) is 4.79 Å². The number of hydrogen-bond donors (Lipinski definition) is 1. The van der Waals surface area contributed by atoms with Gasteiger partial charge in [0.1, 0.15) is 29.5 Å². The van der Waals surface area contributed by atoms with Gasteiger partial charge in [-0.25, -0.2) is 4.79 Å². The van der Waals surface area contributed by atoms with Crippen molar-refractivity contribution in [1.82, 2.24) is 0 Å². The molecule has 3 aromatic carbocycles. The predicted octanol–water partition coefficient (Wildman–Crippen LogP) is 5.17. The number of aromatic hydroxyl groups is 1. The highest BCUT2D eigenvalue weighted by Gasteiger charge is 2.18. The van der Waals surface area contributed by atoms with Crippen molar-refractivity contribution >= 4 is 23.1 Å². The molecule has 0 spiro atoms. The average Bonchev–Trinajstić information content (AvgIpc) is 2.91. The summed E-state index contributed by atoms with van der Waals surface area (Å²) in [5.41, 5.74) is 1.31. The maximum atomic E-state index is 12.8. The summed E-state index contributed by atoms with van der Waals surface area (Å²) in [6, 6.07) is 18.1. The Labute approximate surface area is 208 Å². The Kier molecular flexibility index (Phi) is 9.30. The van der Waals surface area contributed by atoms with Gasteiger partial charge in [-0.1, -0.05) is 36.9 Å². The molecule has 0 aliphatic rings. The Balaban J connectivity index is 1.73. The summed E-state index contributed by atoms with van der Waals surface area (Å²) >= 11 is 0. The number of hydrogen-bond acceptors (Lipinski definition) is 9. The third kappa shape index (κ3) is 7.00. The number of methoxy groups -OCH3 is 2. The summed E-state index contributed by atoms with van der Waals surface area (Å²) in [5.74, 6) is -0.331. The van der Waals surface area contributed by atoms with Crippen LogP contribution in [0.4, 0.5) is 11.4 Å². The van der Waals surface area contributed by atoms with Gasteiger partial charge in [0.05, 0.1) is 25.0 Å². The molecule has 36 heavy (non-hydrogen) atoms. The van der Waals surface area contributed by atoms with Gasteiger partial charge in [-0.15, -0.1) is 5.11 Å². The minimum Gasteiger partial charge on any atom is -0.507 e. The van der Waals surface area contributed by atoms with Crippen LogP contribution in [0.5, 0.6) is 17.2 Å². The van der Waals surface area contributed by atoms with Crippen LogP contribution in [0.1, 0.15) is 15.9 Å². The second-order valence-corrected chi connectivity index (χ2v) is 7.46. The Morgan fingerprint density at radius 1 is 1.00 bits per heavy atom. The minimum atomic E-state index is -0.588. The topological polar surface area (TPSA) is 116 Å². The Morgan fingerprint density at radius 2 is 1.72 bits per heavy atom. The number of rotatable bonds is 12. The van der Waals surface area contributed by atoms with Crippen LogP contribution in [-0.4, -0.2) is 50.4 Å². The highest BCUT2D eigenvalue weighted by Crippen LogP contribution is 2.36. The fourth-order valence-corrected chi connectivity index (χ4v) is 3.15.